The number of rotatable bonds is 2. The van der Waals surface area contributed by atoms with Crippen LogP contribution in [0.4, 0.5) is 0 Å². The van der Waals surface area contributed by atoms with E-state index in [4.69, 9.17) is 5.11 Å². The second-order valence-corrected chi connectivity index (χ2v) is 0.724. The Hall–Kier alpha value is -0.120. The molecule has 0 fully saturated rings. The topological polar surface area (TPSA) is 59.9 Å². The summed E-state index contributed by atoms with van der Waals surface area (Å²) in [5.74, 6) is 3.27. The predicted octanol–water partition coefficient (Wildman–Crippen LogP) is -2.27. The van der Waals surface area contributed by atoms with Crippen molar-refractivity contribution in [3.63, 3.8) is 0 Å². The van der Waals surface area contributed by atoms with Crippen molar-refractivity contribution in [2.45, 2.75) is 0 Å². The Kier molecular flexibility index (Phi) is 3.79. The molecule has 3 heteroatoms. The summed E-state index contributed by atoms with van der Waals surface area (Å²) in [7, 11) is 0. The monoisotopic (exact) mass is 77.1 g/mol. The summed E-state index contributed by atoms with van der Waals surface area (Å²) in [6, 6.07) is 0. The van der Waals surface area contributed by atoms with Gasteiger partial charge in [-0.3, -0.25) is 5.84 Å². The van der Waals surface area contributed by atoms with Gasteiger partial charge in [-0.15, -0.1) is 0 Å². The third-order valence-corrected chi connectivity index (χ3v) is 0.289. The maximum atomic E-state index is 7.96. The minimum atomic E-state index is 0.170. The second kappa shape index (κ2) is 3.88. The molecule has 0 heterocycles. The molecule has 0 aromatic carbocycles. The average molecular weight is 77.1 g/mol. The summed E-state index contributed by atoms with van der Waals surface area (Å²) in [4.78, 5) is 0. The summed E-state index contributed by atoms with van der Waals surface area (Å²) >= 11 is 0. The Morgan fingerprint density at radius 1 is 1.80 bits per heavy atom. The standard InChI is InChI=1S/C2H8N2O/c3-4-1-2-5/h4-5H,1-3H2/p+1. The van der Waals surface area contributed by atoms with Crippen molar-refractivity contribution < 1.29 is 10.9 Å². The molecular weight excluding hydrogens is 68.0 g/mol. The van der Waals surface area contributed by atoms with Gasteiger partial charge < -0.3 is 5.11 Å². The lowest BCUT2D eigenvalue weighted by Crippen LogP contribution is -2.65. The number of aliphatic hydroxyl groups is 1. The molecule has 0 spiro atoms. The van der Waals surface area contributed by atoms with Crippen LogP contribution in [0.1, 0.15) is 0 Å². The van der Waals surface area contributed by atoms with E-state index in [-0.39, 0.29) is 6.61 Å². The van der Waals surface area contributed by atoms with Gasteiger partial charge in [0.2, 0.25) is 0 Å². The summed E-state index contributed by atoms with van der Waals surface area (Å²) in [5.41, 5.74) is 2.52. The van der Waals surface area contributed by atoms with E-state index < -0.39 is 0 Å². The second-order valence-electron chi connectivity index (χ2n) is 0.724. The first-order chi connectivity index (χ1) is 2.41. The van der Waals surface area contributed by atoms with E-state index in [0.717, 1.165) is 0 Å². The molecule has 0 aliphatic heterocycles. The van der Waals surface area contributed by atoms with Crippen LogP contribution >= 0.6 is 0 Å². The van der Waals surface area contributed by atoms with Crippen molar-refractivity contribution in [3.05, 3.63) is 0 Å². The van der Waals surface area contributed by atoms with Gasteiger partial charge in [-0.25, -0.2) is 0 Å². The predicted molar refractivity (Wildman–Crippen MR) is 18.0 cm³/mol. The van der Waals surface area contributed by atoms with Gasteiger partial charge in [-0.2, -0.15) is 5.43 Å². The molecule has 0 aromatic heterocycles. The lowest BCUT2D eigenvalue weighted by atomic mass is 10.7. The van der Waals surface area contributed by atoms with Crippen molar-refractivity contribution in [2.75, 3.05) is 13.2 Å². The Labute approximate surface area is 30.8 Å². The molecule has 0 amide bonds. The van der Waals surface area contributed by atoms with E-state index in [9.17, 15) is 0 Å². The van der Waals surface area contributed by atoms with E-state index >= 15 is 0 Å². The van der Waals surface area contributed by atoms with Gasteiger partial charge in [0, 0.05) is 0 Å². The first kappa shape index (κ1) is 4.88. The van der Waals surface area contributed by atoms with Crippen molar-refractivity contribution in [1.82, 2.24) is 5.43 Å². The van der Waals surface area contributed by atoms with Crippen LogP contribution in [0, 0.1) is 0 Å². The maximum Gasteiger partial charge on any atom is 0.0674 e. The smallest absolute Gasteiger partial charge is 0.0674 e. The zero-order chi connectivity index (χ0) is 4.12. The Bertz CT molecular complexity index is 15.1. The molecule has 0 unspecified atom stereocenters. The molecule has 0 aliphatic rings. The molecule has 0 rings (SSSR count). The summed E-state index contributed by atoms with van der Waals surface area (Å²) in [5, 5.41) is 7.96. The van der Waals surface area contributed by atoms with Crippen molar-refractivity contribution in [2.24, 2.45) is 0 Å². The fraction of sp³-hybridized carbons (Fsp3) is 1.00. The molecule has 5 heavy (non-hydrogen) atoms. The number of quaternary nitrogens is 1. The first-order valence-corrected chi connectivity index (χ1v) is 1.52. The third kappa shape index (κ3) is 3.88. The molecule has 0 aliphatic carbocycles. The highest BCUT2D eigenvalue weighted by atomic mass is 16.3. The fourth-order valence-corrected chi connectivity index (χ4v) is 0.0791. The van der Waals surface area contributed by atoms with Gasteiger partial charge in [0.25, 0.3) is 0 Å². The molecule has 0 saturated heterocycles. The normalized spacial score (nSPS) is 8.40. The van der Waals surface area contributed by atoms with Crippen LogP contribution in [0.25, 0.3) is 0 Å². The number of hydrogen-bond donors (Lipinski definition) is 3. The van der Waals surface area contributed by atoms with Gasteiger partial charge in [0.05, 0.1) is 13.2 Å². The zero-order valence-electron chi connectivity index (χ0n) is 3.07. The average Bonchev–Trinajstić information content (AvgIpc) is 1.41. The number of aliphatic hydroxyl groups excluding tert-OH is 1. The molecule has 0 radical (unpaired) electrons. The lowest BCUT2D eigenvalue weighted by molar-refractivity contribution is -0.443. The van der Waals surface area contributed by atoms with E-state index in [0.29, 0.717) is 6.54 Å². The molecule has 0 saturated carbocycles. The van der Waals surface area contributed by atoms with Crippen molar-refractivity contribution in [1.29, 1.82) is 0 Å². The summed E-state index contributed by atoms with van der Waals surface area (Å²) in [6.45, 7) is 0.753. The van der Waals surface area contributed by atoms with E-state index in [1.807, 2.05) is 0 Å². The van der Waals surface area contributed by atoms with Gasteiger partial charge in [0.1, 0.15) is 0 Å². The summed E-state index contributed by atoms with van der Waals surface area (Å²) in [6.07, 6.45) is 0. The van der Waals surface area contributed by atoms with Crippen LogP contribution < -0.4 is 11.3 Å². The highest BCUT2D eigenvalue weighted by Crippen LogP contribution is 1.38. The highest BCUT2D eigenvalue weighted by Gasteiger charge is 1.69. The van der Waals surface area contributed by atoms with Gasteiger partial charge in [-0.1, -0.05) is 0 Å². The molecular formula is C2H9N2O+. The SMILES string of the molecule is [NH3+]NCCO. The molecule has 32 valence electrons. The number of nitrogens with one attached hydrogen (secondary N) is 1. The fourth-order valence-electron chi connectivity index (χ4n) is 0.0791. The molecule has 3 nitrogen and oxygen atoms in total. The Morgan fingerprint density at radius 3 is 2.40 bits per heavy atom. The minimum Gasteiger partial charge on any atom is -0.395 e. The largest absolute Gasteiger partial charge is 0.395 e. The summed E-state index contributed by atoms with van der Waals surface area (Å²) < 4.78 is 0. The maximum absolute atomic E-state index is 7.96. The van der Waals surface area contributed by atoms with E-state index in [2.05, 4.69) is 11.3 Å². The van der Waals surface area contributed by atoms with Crippen LogP contribution in [0.3, 0.4) is 0 Å². The Balaban J connectivity index is 2.19. The van der Waals surface area contributed by atoms with E-state index in [1.165, 1.54) is 0 Å². The highest BCUT2D eigenvalue weighted by molar-refractivity contribution is 4.19. The van der Waals surface area contributed by atoms with Gasteiger partial charge in [0.15, 0.2) is 0 Å². The molecule has 0 bridgehead atoms. The van der Waals surface area contributed by atoms with Gasteiger partial charge >= 0.3 is 0 Å². The third-order valence-electron chi connectivity index (χ3n) is 0.289. The number of hydrogen-bond acceptors (Lipinski definition) is 2. The molecule has 0 aromatic rings. The van der Waals surface area contributed by atoms with Crippen LogP contribution in [0.15, 0.2) is 0 Å². The first-order valence-electron chi connectivity index (χ1n) is 1.52. The van der Waals surface area contributed by atoms with Crippen LogP contribution in [0.2, 0.25) is 0 Å². The van der Waals surface area contributed by atoms with Crippen LogP contribution in [-0.4, -0.2) is 18.3 Å². The van der Waals surface area contributed by atoms with Gasteiger partial charge in [-0.05, 0) is 0 Å². The molecule has 0 atom stereocenters. The lowest BCUT2D eigenvalue weighted by Gasteiger charge is -1.81. The van der Waals surface area contributed by atoms with Crippen molar-refractivity contribution in [3.8, 4) is 0 Å². The Morgan fingerprint density at radius 2 is 2.40 bits per heavy atom. The van der Waals surface area contributed by atoms with E-state index in [1.54, 1.807) is 0 Å². The quantitative estimate of drug-likeness (QED) is 0.325. The van der Waals surface area contributed by atoms with Crippen LogP contribution in [0.5, 0.6) is 0 Å². The van der Waals surface area contributed by atoms with Crippen LogP contribution in [-0.2, 0) is 0 Å². The zero-order valence-corrected chi connectivity index (χ0v) is 3.07. The van der Waals surface area contributed by atoms with Crippen molar-refractivity contribution >= 4 is 0 Å². The molecule has 5 N–H and O–H groups in total. The minimum absolute atomic E-state index is 0.170.